The average Bonchev–Trinajstić information content (AvgIpc) is 2.79. The minimum atomic E-state index is -4.71. The highest BCUT2D eigenvalue weighted by atomic mass is 19.4. The van der Waals surface area contributed by atoms with Crippen molar-refractivity contribution in [3.8, 4) is 11.1 Å². The number of carbonyl (C=O) groups is 1. The normalized spacial score (nSPS) is 14.4. The maximum absolute atomic E-state index is 13.7. The highest BCUT2D eigenvalue weighted by Crippen LogP contribution is 2.36. The first-order valence-corrected chi connectivity index (χ1v) is 6.40. The third-order valence-corrected chi connectivity index (χ3v) is 3.66. The van der Waals surface area contributed by atoms with Gasteiger partial charge in [0.05, 0.1) is 5.56 Å². The summed E-state index contributed by atoms with van der Waals surface area (Å²) in [7, 11) is 0. The van der Waals surface area contributed by atoms with E-state index in [0.717, 1.165) is 17.7 Å². The molecule has 3 rings (SSSR count). The molecule has 1 nitrogen and oxygen atoms in total. The first kappa shape index (κ1) is 13.8. The van der Waals surface area contributed by atoms with Crippen LogP contribution in [-0.4, -0.2) is 5.78 Å². The van der Waals surface area contributed by atoms with Crippen LogP contribution in [-0.2, 0) is 12.6 Å². The fourth-order valence-electron chi connectivity index (χ4n) is 2.67. The smallest absolute Gasteiger partial charge is 0.294 e. The van der Waals surface area contributed by atoms with Gasteiger partial charge in [0.2, 0.25) is 0 Å². The molecule has 0 unspecified atom stereocenters. The topological polar surface area (TPSA) is 17.1 Å². The fourth-order valence-corrected chi connectivity index (χ4v) is 2.67. The van der Waals surface area contributed by atoms with Gasteiger partial charge in [-0.05, 0) is 35.2 Å². The second-order valence-corrected chi connectivity index (χ2v) is 4.95. The molecule has 0 bridgehead atoms. The predicted molar refractivity (Wildman–Crippen MR) is 69.5 cm³/mol. The Morgan fingerprint density at radius 2 is 1.67 bits per heavy atom. The van der Waals surface area contributed by atoms with E-state index in [9.17, 15) is 22.4 Å². The van der Waals surface area contributed by atoms with Gasteiger partial charge in [0.1, 0.15) is 5.82 Å². The van der Waals surface area contributed by atoms with E-state index in [1.165, 1.54) is 6.07 Å². The van der Waals surface area contributed by atoms with Crippen LogP contribution in [0.15, 0.2) is 36.4 Å². The van der Waals surface area contributed by atoms with Gasteiger partial charge in [-0.15, -0.1) is 0 Å². The molecule has 2 aromatic carbocycles. The summed E-state index contributed by atoms with van der Waals surface area (Å²) < 4.78 is 51.4. The first-order valence-electron chi connectivity index (χ1n) is 6.40. The molecule has 0 atom stereocenters. The molecule has 0 saturated carbocycles. The molecular formula is C16H10F4O. The number of benzene rings is 2. The molecule has 108 valence electrons. The van der Waals surface area contributed by atoms with E-state index in [-0.39, 0.29) is 5.78 Å². The highest BCUT2D eigenvalue weighted by Gasteiger charge is 2.34. The summed E-state index contributed by atoms with van der Waals surface area (Å²) in [6.07, 6.45) is -3.79. The Morgan fingerprint density at radius 1 is 0.952 bits per heavy atom. The SMILES string of the molecule is O=C1CCc2c1cccc2-c1ccc(C(F)(F)F)c(F)c1. The van der Waals surface area contributed by atoms with Crippen molar-refractivity contribution in [2.75, 3.05) is 0 Å². The van der Waals surface area contributed by atoms with Gasteiger partial charge in [0.25, 0.3) is 0 Å². The number of alkyl halides is 3. The second-order valence-electron chi connectivity index (χ2n) is 4.95. The van der Waals surface area contributed by atoms with Gasteiger partial charge in [0.15, 0.2) is 5.78 Å². The Labute approximate surface area is 118 Å². The van der Waals surface area contributed by atoms with E-state index in [4.69, 9.17) is 0 Å². The Kier molecular flexibility index (Phi) is 3.08. The standard InChI is InChI=1S/C16H10F4O/c17-14-8-9(4-6-13(14)16(18,19)20)10-2-1-3-12-11(10)5-7-15(12)21/h1-4,6,8H,5,7H2. The Hall–Kier alpha value is -2.17. The molecule has 0 spiro atoms. The number of ketones is 1. The van der Waals surface area contributed by atoms with Crippen LogP contribution in [0.1, 0.15) is 27.9 Å². The molecule has 0 amide bonds. The monoisotopic (exact) mass is 294 g/mol. The van der Waals surface area contributed by atoms with E-state index in [2.05, 4.69) is 0 Å². The van der Waals surface area contributed by atoms with Crippen LogP contribution >= 0.6 is 0 Å². The maximum Gasteiger partial charge on any atom is 0.419 e. The number of halogens is 4. The van der Waals surface area contributed by atoms with Crippen molar-refractivity contribution in [3.63, 3.8) is 0 Å². The molecule has 21 heavy (non-hydrogen) atoms. The molecule has 0 aromatic heterocycles. The van der Waals surface area contributed by atoms with Crippen molar-refractivity contribution in [2.24, 2.45) is 0 Å². The Balaban J connectivity index is 2.11. The lowest BCUT2D eigenvalue weighted by Crippen LogP contribution is -2.08. The Bertz CT molecular complexity index is 732. The zero-order valence-corrected chi connectivity index (χ0v) is 10.8. The van der Waals surface area contributed by atoms with Crippen LogP contribution in [0.3, 0.4) is 0 Å². The third kappa shape index (κ3) is 2.33. The number of hydrogen-bond acceptors (Lipinski definition) is 1. The third-order valence-electron chi connectivity index (χ3n) is 3.66. The van der Waals surface area contributed by atoms with Crippen LogP contribution in [0, 0.1) is 5.82 Å². The van der Waals surface area contributed by atoms with E-state index >= 15 is 0 Å². The lowest BCUT2D eigenvalue weighted by Gasteiger charge is -2.11. The minimum absolute atomic E-state index is 0.0132. The van der Waals surface area contributed by atoms with E-state index < -0.39 is 17.6 Å². The van der Waals surface area contributed by atoms with Gasteiger partial charge >= 0.3 is 6.18 Å². The zero-order valence-electron chi connectivity index (χ0n) is 10.8. The molecule has 0 fully saturated rings. The van der Waals surface area contributed by atoms with Gasteiger partial charge in [-0.2, -0.15) is 13.2 Å². The van der Waals surface area contributed by atoms with E-state index in [1.54, 1.807) is 18.2 Å². The predicted octanol–water partition coefficient (Wildman–Crippen LogP) is 4.64. The molecule has 0 aliphatic heterocycles. The summed E-state index contributed by atoms with van der Waals surface area (Å²) in [5.74, 6) is -1.29. The van der Waals surface area contributed by atoms with Crippen molar-refractivity contribution in [3.05, 3.63) is 58.9 Å². The van der Waals surface area contributed by atoms with Crippen molar-refractivity contribution in [1.82, 2.24) is 0 Å². The summed E-state index contributed by atoms with van der Waals surface area (Å²) in [4.78, 5) is 11.7. The number of carbonyl (C=O) groups excluding carboxylic acids is 1. The summed E-state index contributed by atoms with van der Waals surface area (Å²) in [5, 5.41) is 0. The lowest BCUT2D eigenvalue weighted by molar-refractivity contribution is -0.139. The van der Waals surface area contributed by atoms with Gasteiger partial charge in [-0.3, -0.25) is 4.79 Å². The molecule has 0 N–H and O–H groups in total. The van der Waals surface area contributed by atoms with Crippen LogP contribution in [0.4, 0.5) is 17.6 Å². The van der Waals surface area contributed by atoms with Crippen LogP contribution < -0.4 is 0 Å². The van der Waals surface area contributed by atoms with E-state index in [1.807, 2.05) is 0 Å². The average molecular weight is 294 g/mol. The second kappa shape index (κ2) is 4.69. The van der Waals surface area contributed by atoms with Gasteiger partial charge in [-0.25, -0.2) is 4.39 Å². The van der Waals surface area contributed by atoms with Crippen molar-refractivity contribution >= 4 is 5.78 Å². The number of hydrogen-bond donors (Lipinski definition) is 0. The number of fused-ring (bicyclic) bond motifs is 1. The van der Waals surface area contributed by atoms with Gasteiger partial charge in [0, 0.05) is 12.0 Å². The molecule has 0 saturated heterocycles. The van der Waals surface area contributed by atoms with Crippen LogP contribution in [0.25, 0.3) is 11.1 Å². The summed E-state index contributed by atoms with van der Waals surface area (Å²) in [6, 6.07) is 7.90. The first-order chi connectivity index (χ1) is 9.88. The minimum Gasteiger partial charge on any atom is -0.294 e. The van der Waals surface area contributed by atoms with Crippen molar-refractivity contribution in [2.45, 2.75) is 19.0 Å². The zero-order chi connectivity index (χ0) is 15.2. The van der Waals surface area contributed by atoms with Gasteiger partial charge < -0.3 is 0 Å². The molecular weight excluding hydrogens is 284 g/mol. The van der Waals surface area contributed by atoms with Crippen molar-refractivity contribution < 1.29 is 22.4 Å². The van der Waals surface area contributed by atoms with E-state index in [0.29, 0.717) is 29.5 Å². The largest absolute Gasteiger partial charge is 0.419 e. The summed E-state index contributed by atoms with van der Waals surface area (Å²) in [5.41, 5.74) is 1.04. The molecule has 0 radical (unpaired) electrons. The highest BCUT2D eigenvalue weighted by molar-refractivity contribution is 6.02. The fraction of sp³-hybridized carbons (Fsp3) is 0.188. The van der Waals surface area contributed by atoms with Crippen molar-refractivity contribution in [1.29, 1.82) is 0 Å². The van der Waals surface area contributed by atoms with Crippen LogP contribution in [0.5, 0.6) is 0 Å². The molecule has 5 heteroatoms. The van der Waals surface area contributed by atoms with Crippen LogP contribution in [0.2, 0.25) is 0 Å². The molecule has 0 heterocycles. The Morgan fingerprint density at radius 3 is 2.33 bits per heavy atom. The quantitative estimate of drug-likeness (QED) is 0.700. The maximum atomic E-state index is 13.7. The summed E-state index contributed by atoms with van der Waals surface area (Å²) >= 11 is 0. The summed E-state index contributed by atoms with van der Waals surface area (Å²) in [6.45, 7) is 0. The van der Waals surface area contributed by atoms with Gasteiger partial charge in [-0.1, -0.05) is 24.3 Å². The molecule has 1 aliphatic rings. The lowest BCUT2D eigenvalue weighted by atomic mass is 9.96. The molecule has 1 aliphatic carbocycles. The number of Topliss-reactive ketones (excluding diaryl/α,β-unsaturated/α-hetero) is 1. The number of rotatable bonds is 1. The molecule has 2 aromatic rings.